The van der Waals surface area contributed by atoms with Crippen molar-refractivity contribution >= 4 is 33.5 Å². The lowest BCUT2D eigenvalue weighted by molar-refractivity contribution is 0.315. The number of nitrogens with zero attached hydrogens (tertiary/aromatic N) is 2. The first kappa shape index (κ1) is 16.9. The van der Waals surface area contributed by atoms with Crippen LogP contribution in [0.5, 0.6) is 5.75 Å². The van der Waals surface area contributed by atoms with E-state index in [-0.39, 0.29) is 11.7 Å². The molecule has 134 valence electrons. The first-order valence-electron chi connectivity index (χ1n) is 8.69. The van der Waals surface area contributed by atoms with Gasteiger partial charge in [0.05, 0.1) is 10.5 Å². The van der Waals surface area contributed by atoms with E-state index in [1.54, 1.807) is 12.1 Å². The van der Waals surface area contributed by atoms with Gasteiger partial charge in [-0.1, -0.05) is 38.4 Å². The molecule has 5 nitrogen and oxygen atoms in total. The second kappa shape index (κ2) is 6.32. The number of aromatic hydroxyl groups is 1. The summed E-state index contributed by atoms with van der Waals surface area (Å²) in [5.74, 6) is 0.672. The molecule has 2 aromatic carbocycles. The van der Waals surface area contributed by atoms with Crippen LogP contribution in [0.25, 0.3) is 21.9 Å². The average molecular weight is 370 g/mol. The molecule has 0 aliphatic rings. The molecule has 4 aromatic rings. The maximum atomic E-state index is 9.98. The maximum Gasteiger partial charge on any atom is 0.139 e. The molecule has 0 saturated heterocycles. The number of aromatic amines is 1. The maximum absolute atomic E-state index is 9.98. The summed E-state index contributed by atoms with van der Waals surface area (Å²) in [6.07, 6.45) is 2.82. The number of aromatic nitrogens is 3. The van der Waals surface area contributed by atoms with Crippen molar-refractivity contribution in [1.29, 1.82) is 0 Å². The Labute approximate surface area is 155 Å². The zero-order valence-corrected chi connectivity index (χ0v) is 15.6. The molecule has 2 N–H and O–H groups in total. The Kier molecular flexibility index (Phi) is 4.11. The van der Waals surface area contributed by atoms with Crippen LogP contribution in [0.3, 0.4) is 0 Å². The van der Waals surface area contributed by atoms with Crippen molar-refractivity contribution in [1.82, 2.24) is 15.3 Å². The molecule has 0 radical (unpaired) electrons. The van der Waals surface area contributed by atoms with E-state index in [2.05, 4.69) is 42.1 Å². The van der Waals surface area contributed by atoms with Crippen LogP contribution in [0.2, 0.25) is 5.02 Å². The van der Waals surface area contributed by atoms with Crippen LogP contribution < -0.4 is 0 Å². The molecule has 6 heteroatoms. The molecular formula is C20H20ClN3O2. The molecule has 4 rings (SSSR count). The minimum atomic E-state index is 0.117. The molecule has 0 aliphatic carbocycles. The Morgan fingerprint density at radius 2 is 1.96 bits per heavy atom. The van der Waals surface area contributed by atoms with Gasteiger partial charge in [0.2, 0.25) is 0 Å². The van der Waals surface area contributed by atoms with E-state index in [1.165, 1.54) is 11.1 Å². The fraction of sp³-hybridized carbons (Fsp3) is 0.300. The van der Waals surface area contributed by atoms with Crippen LogP contribution in [0.1, 0.15) is 49.3 Å². The molecule has 0 saturated carbocycles. The van der Waals surface area contributed by atoms with Gasteiger partial charge in [-0.25, -0.2) is 4.63 Å². The largest absolute Gasteiger partial charge is 0.508 e. The van der Waals surface area contributed by atoms with Gasteiger partial charge in [0.1, 0.15) is 16.8 Å². The van der Waals surface area contributed by atoms with Gasteiger partial charge in [0.15, 0.2) is 0 Å². The van der Waals surface area contributed by atoms with Gasteiger partial charge in [0, 0.05) is 17.6 Å². The van der Waals surface area contributed by atoms with E-state index < -0.39 is 0 Å². The number of hydrogen-bond acceptors (Lipinski definition) is 4. The van der Waals surface area contributed by atoms with Gasteiger partial charge in [-0.3, -0.25) is 0 Å². The second-order valence-electron chi connectivity index (χ2n) is 7.13. The zero-order chi connectivity index (χ0) is 18.4. The summed E-state index contributed by atoms with van der Waals surface area (Å²) >= 11 is 6.47. The Hall–Kier alpha value is -2.53. The highest BCUT2D eigenvalue weighted by atomic mass is 35.5. The molecule has 0 fully saturated rings. The van der Waals surface area contributed by atoms with E-state index in [1.807, 2.05) is 12.3 Å². The number of phenolic OH excluding ortho intramolecular Hbond substituents is 1. The van der Waals surface area contributed by atoms with E-state index in [9.17, 15) is 5.11 Å². The lowest BCUT2D eigenvalue weighted by atomic mass is 9.91. The standard InChI is InChI=1S/C20H20ClN3O2/c1-10(2)15-9-22-19-12(4-5-16(21)18(15)19)6-11(3)14-7-13(25)8-17-20(14)24-26-23-17/h4-5,7-11,22,25H,6H2,1-3H3. The predicted molar refractivity (Wildman–Crippen MR) is 103 cm³/mol. The van der Waals surface area contributed by atoms with Crippen molar-refractivity contribution < 1.29 is 9.74 Å². The SMILES string of the molecule is CC(C)c1c[nH]c2c(CC(C)c3cc(O)cc4nonc34)ccc(Cl)c12. The summed E-state index contributed by atoms with van der Waals surface area (Å²) in [5.41, 5.74) is 5.64. The third-order valence-electron chi connectivity index (χ3n) is 4.96. The molecule has 0 spiro atoms. The lowest BCUT2D eigenvalue weighted by Gasteiger charge is -2.14. The highest BCUT2D eigenvalue weighted by molar-refractivity contribution is 6.35. The summed E-state index contributed by atoms with van der Waals surface area (Å²) in [6, 6.07) is 7.31. The molecular weight excluding hydrogens is 350 g/mol. The molecule has 2 aromatic heterocycles. The molecule has 0 bridgehead atoms. The van der Waals surface area contributed by atoms with Crippen molar-refractivity contribution in [2.45, 2.75) is 39.0 Å². The van der Waals surface area contributed by atoms with Gasteiger partial charge >= 0.3 is 0 Å². The summed E-state index contributed by atoms with van der Waals surface area (Å²) in [5, 5.41) is 19.7. The zero-order valence-electron chi connectivity index (χ0n) is 14.9. The van der Waals surface area contributed by atoms with Crippen LogP contribution in [0.4, 0.5) is 0 Å². The van der Waals surface area contributed by atoms with E-state index in [4.69, 9.17) is 16.2 Å². The quantitative estimate of drug-likeness (QED) is 0.495. The summed E-state index contributed by atoms with van der Waals surface area (Å²) in [4.78, 5) is 3.40. The number of hydrogen-bond donors (Lipinski definition) is 2. The number of rotatable bonds is 4. The van der Waals surface area contributed by atoms with Crippen molar-refractivity contribution in [2.75, 3.05) is 0 Å². The fourth-order valence-corrected chi connectivity index (χ4v) is 3.90. The third-order valence-corrected chi connectivity index (χ3v) is 5.27. The van der Waals surface area contributed by atoms with Crippen molar-refractivity contribution in [2.24, 2.45) is 0 Å². The Morgan fingerprint density at radius 1 is 1.15 bits per heavy atom. The molecule has 2 heterocycles. The number of H-pyrrole nitrogens is 1. The van der Waals surface area contributed by atoms with Crippen LogP contribution in [0.15, 0.2) is 35.1 Å². The smallest absolute Gasteiger partial charge is 0.139 e. The highest BCUT2D eigenvalue weighted by Crippen LogP contribution is 2.36. The summed E-state index contributed by atoms with van der Waals surface area (Å²) in [7, 11) is 0. The van der Waals surface area contributed by atoms with E-state index in [0.717, 1.165) is 27.9 Å². The minimum Gasteiger partial charge on any atom is -0.508 e. The normalized spacial score (nSPS) is 13.1. The lowest BCUT2D eigenvalue weighted by Crippen LogP contribution is -2.01. The monoisotopic (exact) mass is 369 g/mol. The first-order chi connectivity index (χ1) is 12.5. The number of phenols is 1. The van der Waals surface area contributed by atoms with E-state index >= 15 is 0 Å². The fourth-order valence-electron chi connectivity index (χ4n) is 3.63. The van der Waals surface area contributed by atoms with Gasteiger partial charge in [-0.05, 0) is 57.4 Å². The van der Waals surface area contributed by atoms with Crippen molar-refractivity contribution in [3.8, 4) is 5.75 Å². The Balaban J connectivity index is 1.77. The number of benzene rings is 2. The Bertz CT molecular complexity index is 1100. The molecule has 1 atom stereocenters. The third kappa shape index (κ3) is 2.72. The van der Waals surface area contributed by atoms with Crippen LogP contribution >= 0.6 is 11.6 Å². The van der Waals surface area contributed by atoms with Crippen molar-refractivity contribution in [3.63, 3.8) is 0 Å². The predicted octanol–water partition coefficient (Wildman–Crippen LogP) is 5.53. The second-order valence-corrected chi connectivity index (χ2v) is 7.53. The van der Waals surface area contributed by atoms with Crippen LogP contribution in [0, 0.1) is 0 Å². The molecule has 0 amide bonds. The molecule has 26 heavy (non-hydrogen) atoms. The number of nitrogens with one attached hydrogen (secondary N) is 1. The van der Waals surface area contributed by atoms with Crippen molar-refractivity contribution in [3.05, 3.63) is 52.2 Å². The average Bonchev–Trinajstić information content (AvgIpc) is 3.23. The van der Waals surface area contributed by atoms with E-state index in [0.29, 0.717) is 17.0 Å². The van der Waals surface area contributed by atoms with Gasteiger partial charge in [-0.15, -0.1) is 0 Å². The van der Waals surface area contributed by atoms with Gasteiger partial charge in [0.25, 0.3) is 0 Å². The minimum absolute atomic E-state index is 0.117. The highest BCUT2D eigenvalue weighted by Gasteiger charge is 2.19. The van der Waals surface area contributed by atoms with Crippen LogP contribution in [-0.4, -0.2) is 20.4 Å². The summed E-state index contributed by atoms with van der Waals surface area (Å²) < 4.78 is 4.84. The van der Waals surface area contributed by atoms with Gasteiger partial charge in [-0.2, -0.15) is 0 Å². The molecule has 0 aliphatic heterocycles. The number of fused-ring (bicyclic) bond motifs is 2. The molecule has 1 unspecified atom stereocenters. The van der Waals surface area contributed by atoms with Crippen LogP contribution in [-0.2, 0) is 6.42 Å². The topological polar surface area (TPSA) is 74.9 Å². The summed E-state index contributed by atoms with van der Waals surface area (Å²) in [6.45, 7) is 6.43. The Morgan fingerprint density at radius 3 is 2.73 bits per heavy atom. The van der Waals surface area contributed by atoms with Gasteiger partial charge < -0.3 is 10.1 Å². The first-order valence-corrected chi connectivity index (χ1v) is 9.07. The number of halogens is 1.